The molecule has 1 amide bonds. The Morgan fingerprint density at radius 3 is 2.25 bits per heavy atom. The number of carboxylic acid groups (broad SMARTS) is 1. The lowest BCUT2D eigenvalue weighted by molar-refractivity contribution is -0.146. The molecule has 2 N–H and O–H groups in total. The van der Waals surface area contributed by atoms with Crippen molar-refractivity contribution in [3.05, 3.63) is 104 Å². The van der Waals surface area contributed by atoms with Gasteiger partial charge in [-0.2, -0.15) is 5.10 Å². The Kier molecular flexibility index (Phi) is 8.25. The van der Waals surface area contributed by atoms with Crippen molar-refractivity contribution in [2.24, 2.45) is 0 Å². The summed E-state index contributed by atoms with van der Waals surface area (Å²) < 4.78 is 44.6. The van der Waals surface area contributed by atoms with E-state index in [0.717, 1.165) is 17.9 Å². The van der Waals surface area contributed by atoms with Gasteiger partial charge in [0, 0.05) is 28.8 Å². The highest BCUT2D eigenvalue weighted by Gasteiger charge is 2.36. The number of hydrogen-bond donors (Lipinski definition) is 2. The van der Waals surface area contributed by atoms with Crippen LogP contribution in [0.25, 0.3) is 16.9 Å². The Morgan fingerprint density at radius 1 is 1.02 bits per heavy atom. The molecule has 0 aliphatic heterocycles. The zero-order valence-electron chi connectivity index (χ0n) is 21.3. The SMILES string of the molecule is Cc1c(F)cc([C@@H](C)N(C)C(=O)c2nn(-c3ccccc3Cl)c(-c3ccc(Cl)cc3)c2C(O)C(=O)O)c(F)c1F. The maximum Gasteiger partial charge on any atom is 0.337 e. The van der Waals surface area contributed by atoms with Crippen LogP contribution in [0.3, 0.4) is 0 Å². The number of rotatable bonds is 7. The first-order valence-corrected chi connectivity index (χ1v) is 12.6. The van der Waals surface area contributed by atoms with Crippen LogP contribution in [0.15, 0.2) is 54.6 Å². The molecule has 3 aromatic carbocycles. The summed E-state index contributed by atoms with van der Waals surface area (Å²) in [6.07, 6.45) is -2.23. The van der Waals surface area contributed by atoms with E-state index in [0.29, 0.717) is 10.6 Å². The largest absolute Gasteiger partial charge is 0.479 e. The van der Waals surface area contributed by atoms with Crippen molar-refractivity contribution >= 4 is 35.1 Å². The van der Waals surface area contributed by atoms with Gasteiger partial charge < -0.3 is 15.1 Å². The molecule has 0 bridgehead atoms. The van der Waals surface area contributed by atoms with Gasteiger partial charge in [0.1, 0.15) is 5.82 Å². The molecule has 1 unspecified atom stereocenters. The van der Waals surface area contributed by atoms with E-state index in [1.54, 1.807) is 36.4 Å². The Balaban J connectivity index is 1.96. The van der Waals surface area contributed by atoms with Crippen LogP contribution in [-0.4, -0.2) is 43.8 Å². The van der Waals surface area contributed by atoms with Crippen molar-refractivity contribution < 1.29 is 33.0 Å². The molecule has 1 heterocycles. The number of carbonyl (C=O) groups is 2. The zero-order chi connectivity index (χ0) is 29.5. The summed E-state index contributed by atoms with van der Waals surface area (Å²) in [5.74, 6) is -6.35. The maximum absolute atomic E-state index is 14.8. The van der Waals surface area contributed by atoms with Gasteiger partial charge in [-0.1, -0.05) is 47.5 Å². The number of nitrogens with zero attached hydrogens (tertiary/aromatic N) is 3. The molecule has 208 valence electrons. The number of para-hydroxylation sites is 1. The third-order valence-corrected chi connectivity index (χ3v) is 7.17. The molecule has 0 aliphatic rings. The number of halogens is 5. The Hall–Kier alpha value is -3.86. The fraction of sp³-hybridized carbons (Fsp3) is 0.179. The number of aromatic nitrogens is 2. The van der Waals surface area contributed by atoms with Gasteiger partial charge in [0.15, 0.2) is 23.4 Å². The highest BCUT2D eigenvalue weighted by molar-refractivity contribution is 6.32. The standard InChI is InChI=1S/C28H22Cl2F3N3O4/c1-13-19(31)12-17(23(33)22(13)32)14(2)35(3)27(38)24-21(26(37)28(39)40)25(15-8-10-16(29)11-9-15)36(34-24)20-7-5-4-6-18(20)30/h4-12,14,26,37H,1-3H3,(H,39,40)/t14-,26?/m1/s1. The molecule has 0 aliphatic carbocycles. The van der Waals surface area contributed by atoms with Crippen LogP contribution >= 0.6 is 23.2 Å². The summed E-state index contributed by atoms with van der Waals surface area (Å²) in [4.78, 5) is 26.8. The van der Waals surface area contributed by atoms with Gasteiger partial charge in [0.25, 0.3) is 5.91 Å². The predicted molar refractivity (Wildman–Crippen MR) is 143 cm³/mol. The van der Waals surface area contributed by atoms with Crippen LogP contribution < -0.4 is 0 Å². The average Bonchev–Trinajstić information content (AvgIpc) is 3.32. The van der Waals surface area contributed by atoms with Gasteiger partial charge in [0.2, 0.25) is 0 Å². The van der Waals surface area contributed by atoms with Crippen molar-refractivity contribution in [2.75, 3.05) is 7.05 Å². The molecule has 12 heteroatoms. The van der Waals surface area contributed by atoms with Crippen LogP contribution in [0.1, 0.15) is 46.2 Å². The fourth-order valence-corrected chi connectivity index (χ4v) is 4.56. The molecule has 4 rings (SSSR count). The zero-order valence-corrected chi connectivity index (χ0v) is 22.8. The summed E-state index contributed by atoms with van der Waals surface area (Å²) in [6.45, 7) is 2.42. The molecular formula is C28H22Cl2F3N3O4. The van der Waals surface area contributed by atoms with Crippen molar-refractivity contribution in [3.63, 3.8) is 0 Å². The number of carbonyl (C=O) groups excluding carboxylic acids is 1. The smallest absolute Gasteiger partial charge is 0.337 e. The second-order valence-corrected chi connectivity index (χ2v) is 9.86. The molecule has 0 saturated carbocycles. The molecule has 7 nitrogen and oxygen atoms in total. The number of aliphatic carboxylic acids is 1. The highest BCUT2D eigenvalue weighted by atomic mass is 35.5. The molecule has 1 aromatic heterocycles. The van der Waals surface area contributed by atoms with Gasteiger partial charge in [-0.3, -0.25) is 4.79 Å². The van der Waals surface area contributed by atoms with Gasteiger partial charge >= 0.3 is 5.97 Å². The first-order valence-electron chi connectivity index (χ1n) is 11.8. The number of carboxylic acids is 1. The minimum atomic E-state index is -2.23. The number of amides is 1. The lowest BCUT2D eigenvalue weighted by Crippen LogP contribution is -2.32. The summed E-state index contributed by atoms with van der Waals surface area (Å²) in [5.41, 5.74) is -1.20. The van der Waals surface area contributed by atoms with Crippen LogP contribution in [-0.2, 0) is 4.79 Å². The summed E-state index contributed by atoms with van der Waals surface area (Å²) >= 11 is 12.4. The molecular weight excluding hydrogens is 570 g/mol. The number of hydrogen-bond acceptors (Lipinski definition) is 4. The number of aliphatic hydroxyl groups excluding tert-OH is 1. The van der Waals surface area contributed by atoms with E-state index in [2.05, 4.69) is 5.10 Å². The summed E-state index contributed by atoms with van der Waals surface area (Å²) in [7, 11) is 1.23. The normalized spacial score (nSPS) is 12.7. The summed E-state index contributed by atoms with van der Waals surface area (Å²) in [6, 6.07) is 12.1. The van der Waals surface area contributed by atoms with E-state index >= 15 is 0 Å². The van der Waals surface area contributed by atoms with Gasteiger partial charge in [-0.05, 0) is 44.2 Å². The summed E-state index contributed by atoms with van der Waals surface area (Å²) in [5, 5.41) is 25.5. The molecule has 0 saturated heterocycles. The highest BCUT2D eigenvalue weighted by Crippen LogP contribution is 2.37. The average molecular weight is 592 g/mol. The second-order valence-electron chi connectivity index (χ2n) is 9.01. The quantitative estimate of drug-likeness (QED) is 0.238. The minimum absolute atomic E-state index is 0.0303. The Labute approximate surface area is 237 Å². The third-order valence-electron chi connectivity index (χ3n) is 6.60. The van der Waals surface area contributed by atoms with E-state index in [1.807, 2.05) is 0 Å². The lowest BCUT2D eigenvalue weighted by Gasteiger charge is -2.26. The first kappa shape index (κ1) is 29.1. The maximum atomic E-state index is 14.8. The van der Waals surface area contributed by atoms with E-state index < -0.39 is 58.3 Å². The van der Waals surface area contributed by atoms with Crippen molar-refractivity contribution in [3.8, 4) is 16.9 Å². The van der Waals surface area contributed by atoms with Crippen LogP contribution in [0, 0.1) is 24.4 Å². The number of aliphatic hydroxyl groups is 1. The van der Waals surface area contributed by atoms with Gasteiger partial charge in [-0.15, -0.1) is 0 Å². The Bertz CT molecular complexity index is 1630. The molecule has 40 heavy (non-hydrogen) atoms. The van der Waals surface area contributed by atoms with Crippen LogP contribution in [0.4, 0.5) is 13.2 Å². The van der Waals surface area contributed by atoms with Gasteiger partial charge in [0.05, 0.1) is 28.0 Å². The number of benzene rings is 3. The predicted octanol–water partition coefficient (Wildman–Crippen LogP) is 6.52. The minimum Gasteiger partial charge on any atom is -0.479 e. The van der Waals surface area contributed by atoms with E-state index in [4.69, 9.17) is 23.2 Å². The van der Waals surface area contributed by atoms with E-state index in [1.165, 1.54) is 30.8 Å². The lowest BCUT2D eigenvalue weighted by atomic mass is 9.99. The molecule has 0 radical (unpaired) electrons. The van der Waals surface area contributed by atoms with E-state index in [9.17, 15) is 33.0 Å². The second kappa shape index (κ2) is 11.3. The van der Waals surface area contributed by atoms with Crippen molar-refractivity contribution in [1.29, 1.82) is 0 Å². The van der Waals surface area contributed by atoms with E-state index in [-0.39, 0.29) is 22.0 Å². The van der Waals surface area contributed by atoms with Crippen LogP contribution in [0.5, 0.6) is 0 Å². The molecule has 0 fully saturated rings. The first-order chi connectivity index (χ1) is 18.8. The molecule has 2 atom stereocenters. The fourth-order valence-electron chi connectivity index (χ4n) is 4.21. The van der Waals surface area contributed by atoms with Crippen molar-refractivity contribution in [2.45, 2.75) is 26.0 Å². The monoisotopic (exact) mass is 591 g/mol. The van der Waals surface area contributed by atoms with Crippen molar-refractivity contribution in [1.82, 2.24) is 14.7 Å². The molecule has 4 aromatic rings. The topological polar surface area (TPSA) is 95.7 Å². The molecule has 0 spiro atoms. The Morgan fingerprint density at radius 2 is 1.65 bits per heavy atom. The van der Waals surface area contributed by atoms with Crippen LogP contribution in [0.2, 0.25) is 10.0 Å². The van der Waals surface area contributed by atoms with Gasteiger partial charge in [-0.25, -0.2) is 22.6 Å². The third kappa shape index (κ3) is 5.17.